The fraction of sp³-hybridized carbons (Fsp3) is 0.333. The van der Waals surface area contributed by atoms with E-state index in [4.69, 9.17) is 0 Å². The fourth-order valence-electron chi connectivity index (χ4n) is 12.6. The van der Waals surface area contributed by atoms with Gasteiger partial charge in [-0.1, -0.05) is 236 Å². The predicted octanol–water partition coefficient (Wildman–Crippen LogP) is 13.4. The summed E-state index contributed by atoms with van der Waals surface area (Å²) in [6.07, 6.45) is 14.0. The molecule has 9 aromatic carbocycles. The van der Waals surface area contributed by atoms with Gasteiger partial charge in [-0.05, 0) is 112 Å². The molecule has 0 bridgehead atoms. The van der Waals surface area contributed by atoms with Crippen molar-refractivity contribution in [2.75, 3.05) is 20.6 Å². The van der Waals surface area contributed by atoms with Crippen molar-refractivity contribution in [3.63, 3.8) is 0 Å². The summed E-state index contributed by atoms with van der Waals surface area (Å²) in [4.78, 5) is 32.9. The predicted molar refractivity (Wildman–Crippen MR) is 358 cm³/mol. The molecule has 0 radical (unpaired) electrons. The van der Waals surface area contributed by atoms with Crippen molar-refractivity contribution in [1.29, 1.82) is 0 Å². The van der Waals surface area contributed by atoms with Gasteiger partial charge in [0.15, 0.2) is 6.29 Å². The zero-order valence-electron chi connectivity index (χ0n) is 51.3. The van der Waals surface area contributed by atoms with Crippen LogP contribution in [0.1, 0.15) is 151 Å². The second-order valence-electron chi connectivity index (χ2n) is 23.6. The number of hydrogen-bond donors (Lipinski definition) is 7. The number of carbonyl (C=O) groups is 2. The Kier molecular flexibility index (Phi) is 23.3. The van der Waals surface area contributed by atoms with Gasteiger partial charge >= 0.3 is 7.12 Å². The molecule has 9 aromatic rings. The number of nitrogens with one attached hydrogen (secondary N) is 3. The maximum Gasteiger partial charge on any atom is 0.488 e. The summed E-state index contributed by atoms with van der Waals surface area (Å²) in [6, 6.07) is 54.2. The highest BCUT2D eigenvalue weighted by atomic mass is 16.5. The van der Waals surface area contributed by atoms with Crippen molar-refractivity contribution in [2.45, 2.75) is 142 Å². The molecule has 0 aliphatic carbocycles. The first-order valence-corrected chi connectivity index (χ1v) is 31.6. The second kappa shape index (κ2) is 31.8. The van der Waals surface area contributed by atoms with Crippen LogP contribution in [0.25, 0.3) is 43.1 Å². The number of nitrogens with zero attached hydrogens (tertiary/aromatic N) is 2. The summed E-state index contributed by atoms with van der Waals surface area (Å²) in [6.45, 7) is 10.5. The van der Waals surface area contributed by atoms with Gasteiger partial charge in [-0.3, -0.25) is 9.59 Å². The first-order chi connectivity index (χ1) is 42.4. The number of hydrogen-bond acceptors (Lipinski definition) is 9. The Labute approximate surface area is 515 Å². The van der Waals surface area contributed by atoms with E-state index >= 15 is 0 Å². The van der Waals surface area contributed by atoms with E-state index in [1.165, 1.54) is 69.8 Å². The molecule has 9 rings (SSSR count). The molecule has 0 aliphatic rings. The average Bonchev–Trinajstić information content (AvgIpc) is 1.21. The zero-order chi connectivity index (χ0) is 61.1. The number of allylic oxidation sites excluding steroid dienone is 1. The molecule has 0 spiro atoms. The molecule has 2 amide bonds. The molecule has 0 unspecified atom stereocenters. The third-order valence-corrected chi connectivity index (χ3v) is 17.5. The molecule has 0 saturated carbocycles. The summed E-state index contributed by atoms with van der Waals surface area (Å²) in [5.41, 5.74) is 10.2. The van der Waals surface area contributed by atoms with E-state index in [1.807, 2.05) is 84.7 Å². The molecular formula is C75H88BN5O6. The number of benzene rings is 9. The van der Waals surface area contributed by atoms with E-state index < -0.39 is 13.4 Å². The number of fused-ring (bicyclic) bond motifs is 4. The van der Waals surface area contributed by atoms with Gasteiger partial charge < -0.3 is 46.0 Å². The Hall–Kier alpha value is -7.68. The van der Waals surface area contributed by atoms with E-state index in [1.54, 1.807) is 18.2 Å². The Morgan fingerprint density at radius 1 is 0.471 bits per heavy atom. The number of rotatable bonds is 33. The first kappa shape index (κ1) is 63.8. The number of aliphatic hydroxyl groups excluding tert-OH is 1. The van der Waals surface area contributed by atoms with Crippen LogP contribution in [0.3, 0.4) is 0 Å². The van der Waals surface area contributed by atoms with Crippen LogP contribution >= 0.6 is 0 Å². The Bertz CT molecular complexity index is 3670. The van der Waals surface area contributed by atoms with Crippen molar-refractivity contribution in [3.8, 4) is 0 Å². The molecule has 0 saturated heterocycles. The highest BCUT2D eigenvalue weighted by molar-refractivity contribution is 6.59. The summed E-state index contributed by atoms with van der Waals surface area (Å²) in [7, 11) is 2.37. The Balaban J connectivity index is 0.930. The molecule has 0 atom stereocenters. The van der Waals surface area contributed by atoms with Gasteiger partial charge in [0.2, 0.25) is 5.91 Å². The van der Waals surface area contributed by atoms with Crippen molar-refractivity contribution >= 4 is 67.5 Å². The largest absolute Gasteiger partial charge is 0.488 e. The molecule has 0 aliphatic heterocycles. The minimum Gasteiger partial charge on any atom is -0.423 e. The standard InChI is InChI=1S/C75H88BN5O6/c1-5-6-7-8-9-10-11-12-13-14-15-28-43-79-74(83)55-42-41-54(44-53(2)80(3)51-70-64-36-23-19-32-60(64)68(61-33-20-24-37-65(61)70)49-77-47-56-29-16-18-31-59(56)75(84)85)58(45-55)46-73(82)81(4)52-71-66-38-25-21-34-62(66)69(63-35-22-26-39-67(63)71)50-78-48-57-30-17-27-40-72(57)76(86)87/h16-27,29-42,45,75,77-78,84-87H,2,5-15,28,43-44,46-52H2,1,3-4H3,(H,79,83). The van der Waals surface area contributed by atoms with Crippen LogP contribution in [0.5, 0.6) is 0 Å². The SMILES string of the molecule is C=C(Cc1ccc(C(=O)NCCCCCCCCCCCCCC)cc1CC(=O)N(C)Cc1c2ccccc2c(CNCc2ccccc2B(O)O)c2ccccc12)N(C)Cc1c2ccccc2c(CNCc2ccccc2C(O)O)c2ccccc12. The molecular weight excluding hydrogens is 1080 g/mol. The second-order valence-corrected chi connectivity index (χ2v) is 23.6. The maximum absolute atomic E-state index is 14.9. The minimum absolute atomic E-state index is 0.0735. The third kappa shape index (κ3) is 16.5. The first-order valence-electron chi connectivity index (χ1n) is 31.6. The molecule has 11 nitrogen and oxygen atoms in total. The van der Waals surface area contributed by atoms with Gasteiger partial charge in [0, 0.05) is 83.2 Å². The van der Waals surface area contributed by atoms with Crippen molar-refractivity contribution in [1.82, 2.24) is 25.8 Å². The van der Waals surface area contributed by atoms with Crippen LogP contribution in [0.15, 0.2) is 176 Å². The van der Waals surface area contributed by atoms with E-state index in [2.05, 4.69) is 114 Å². The lowest BCUT2D eigenvalue weighted by molar-refractivity contribution is -0.129. The average molecular weight is 1170 g/mol. The molecule has 0 aromatic heterocycles. The molecule has 87 heavy (non-hydrogen) atoms. The van der Waals surface area contributed by atoms with Crippen LogP contribution in [-0.4, -0.2) is 69.6 Å². The number of unbranched alkanes of at least 4 members (excludes halogenated alkanes) is 11. The Morgan fingerprint density at radius 3 is 1.39 bits per heavy atom. The number of likely N-dealkylation sites (N-methyl/N-ethyl adjacent to an activating group) is 2. The molecule has 0 fully saturated rings. The van der Waals surface area contributed by atoms with Gasteiger partial charge in [-0.2, -0.15) is 0 Å². The summed E-state index contributed by atoms with van der Waals surface area (Å²) < 4.78 is 0. The highest BCUT2D eigenvalue weighted by Gasteiger charge is 2.23. The molecule has 12 heteroatoms. The van der Waals surface area contributed by atoms with E-state index in [0.717, 1.165) is 101 Å². The zero-order valence-corrected chi connectivity index (χ0v) is 51.3. The summed E-state index contributed by atoms with van der Waals surface area (Å²) in [5, 5.41) is 59.4. The number of carbonyl (C=O) groups excluding carboxylic acids is 2. The lowest BCUT2D eigenvalue weighted by Crippen LogP contribution is -2.34. The fourth-order valence-corrected chi connectivity index (χ4v) is 12.6. The van der Waals surface area contributed by atoms with Crippen LogP contribution in [0, 0.1) is 0 Å². The van der Waals surface area contributed by atoms with Gasteiger partial charge in [0.05, 0.1) is 6.42 Å². The van der Waals surface area contributed by atoms with Crippen molar-refractivity contribution < 1.29 is 29.9 Å². The number of amides is 2. The lowest BCUT2D eigenvalue weighted by Gasteiger charge is -2.26. The topological polar surface area (TPSA) is 158 Å². The quantitative estimate of drug-likeness (QED) is 0.00921. The van der Waals surface area contributed by atoms with E-state index in [9.17, 15) is 29.9 Å². The van der Waals surface area contributed by atoms with Gasteiger partial charge in [-0.25, -0.2) is 0 Å². The van der Waals surface area contributed by atoms with Crippen LogP contribution in [-0.2, 0) is 56.9 Å². The van der Waals surface area contributed by atoms with Gasteiger partial charge in [-0.15, -0.1) is 0 Å². The van der Waals surface area contributed by atoms with Crippen LogP contribution in [0.2, 0.25) is 0 Å². The summed E-state index contributed by atoms with van der Waals surface area (Å²) in [5.74, 6) is -0.216. The molecule has 7 N–H and O–H groups in total. The molecule has 452 valence electrons. The van der Waals surface area contributed by atoms with E-state index in [0.29, 0.717) is 68.8 Å². The van der Waals surface area contributed by atoms with Crippen molar-refractivity contribution in [3.05, 3.63) is 232 Å². The maximum atomic E-state index is 14.9. The normalized spacial score (nSPS) is 11.5. The van der Waals surface area contributed by atoms with Gasteiger partial charge in [0.25, 0.3) is 5.91 Å². The van der Waals surface area contributed by atoms with Crippen molar-refractivity contribution in [2.24, 2.45) is 0 Å². The monoisotopic (exact) mass is 1170 g/mol. The van der Waals surface area contributed by atoms with Gasteiger partial charge in [0.1, 0.15) is 0 Å². The number of aliphatic hydroxyl groups is 2. The van der Waals surface area contributed by atoms with E-state index in [-0.39, 0.29) is 18.2 Å². The third-order valence-electron chi connectivity index (χ3n) is 17.5. The minimum atomic E-state index is -1.56. The summed E-state index contributed by atoms with van der Waals surface area (Å²) >= 11 is 0. The molecule has 0 heterocycles. The smallest absolute Gasteiger partial charge is 0.423 e. The highest BCUT2D eigenvalue weighted by Crippen LogP contribution is 2.36. The Morgan fingerprint density at radius 2 is 0.897 bits per heavy atom. The van der Waals surface area contributed by atoms with Crippen LogP contribution < -0.4 is 21.4 Å². The lowest BCUT2D eigenvalue weighted by atomic mass is 9.77. The van der Waals surface area contributed by atoms with Crippen LogP contribution in [0.4, 0.5) is 0 Å².